The highest BCUT2D eigenvalue weighted by atomic mass is 16.5. The molecule has 0 aliphatic rings. The lowest BCUT2D eigenvalue weighted by molar-refractivity contribution is -0.139. The lowest BCUT2D eigenvalue weighted by Gasteiger charge is -2.14. The Morgan fingerprint density at radius 3 is 2.85 bits per heavy atom. The summed E-state index contributed by atoms with van der Waals surface area (Å²) >= 11 is 0. The van der Waals surface area contributed by atoms with Crippen LogP contribution in [-0.4, -0.2) is 58.2 Å². The molecule has 0 aliphatic carbocycles. The highest BCUT2D eigenvalue weighted by Gasteiger charge is 2.19. The van der Waals surface area contributed by atoms with Crippen LogP contribution in [0.2, 0.25) is 0 Å². The third-order valence-electron chi connectivity index (χ3n) is 2.50. The van der Waals surface area contributed by atoms with Crippen LogP contribution in [-0.2, 0) is 23.0 Å². The van der Waals surface area contributed by atoms with Crippen molar-refractivity contribution in [2.75, 3.05) is 20.3 Å². The van der Waals surface area contributed by atoms with Gasteiger partial charge < -0.3 is 20.5 Å². The molecule has 1 aromatic heterocycles. The number of aromatic nitrogens is 3. The number of urea groups is 1. The summed E-state index contributed by atoms with van der Waals surface area (Å²) in [5.74, 6) is -0.481. The number of carbonyl (C=O) groups excluding carboxylic acids is 1. The van der Waals surface area contributed by atoms with Crippen molar-refractivity contribution < 1.29 is 19.4 Å². The third kappa shape index (κ3) is 5.65. The summed E-state index contributed by atoms with van der Waals surface area (Å²) in [5.41, 5.74) is 0. The number of hydrogen-bond acceptors (Lipinski definition) is 5. The molecule has 1 atom stereocenters. The number of aryl methyl sites for hydroxylation is 1. The van der Waals surface area contributed by atoms with Crippen LogP contribution in [0.4, 0.5) is 4.79 Å². The normalized spacial score (nSPS) is 11.9. The highest BCUT2D eigenvalue weighted by Crippen LogP contribution is 1.93. The van der Waals surface area contributed by atoms with E-state index in [1.165, 1.54) is 7.11 Å². The van der Waals surface area contributed by atoms with Crippen molar-refractivity contribution in [2.45, 2.75) is 18.9 Å². The standard InChI is InChI=1S/C11H19N5O4/c1-16-7-13-9(15-16)3-5-12-11(19)14-8(10(17)18)4-6-20-2/h7-8H,3-6H2,1-2H3,(H,17,18)(H2,12,14,19). The van der Waals surface area contributed by atoms with E-state index in [1.807, 2.05) is 0 Å². The molecule has 1 unspecified atom stereocenters. The molecule has 1 heterocycles. The Morgan fingerprint density at radius 2 is 2.30 bits per heavy atom. The molecule has 1 rings (SSSR count). The number of amides is 2. The van der Waals surface area contributed by atoms with Crippen molar-refractivity contribution in [3.63, 3.8) is 0 Å². The lowest BCUT2D eigenvalue weighted by atomic mass is 10.2. The largest absolute Gasteiger partial charge is 0.480 e. The summed E-state index contributed by atoms with van der Waals surface area (Å²) < 4.78 is 6.36. The maximum atomic E-state index is 11.5. The van der Waals surface area contributed by atoms with E-state index in [1.54, 1.807) is 18.1 Å². The molecule has 0 fully saturated rings. The molecule has 0 bridgehead atoms. The number of carbonyl (C=O) groups is 2. The summed E-state index contributed by atoms with van der Waals surface area (Å²) in [7, 11) is 3.22. The maximum absolute atomic E-state index is 11.5. The monoisotopic (exact) mass is 285 g/mol. The Kier molecular flexibility index (Phi) is 6.44. The molecule has 0 saturated heterocycles. The van der Waals surface area contributed by atoms with Crippen molar-refractivity contribution >= 4 is 12.0 Å². The molecule has 0 aliphatic heterocycles. The second-order valence-corrected chi connectivity index (χ2v) is 4.16. The van der Waals surface area contributed by atoms with Gasteiger partial charge in [-0.05, 0) is 0 Å². The number of carboxylic acids is 1. The number of aliphatic carboxylic acids is 1. The Bertz CT molecular complexity index is 448. The summed E-state index contributed by atoms with van der Waals surface area (Å²) in [4.78, 5) is 26.5. The number of hydrogen-bond donors (Lipinski definition) is 3. The van der Waals surface area contributed by atoms with Gasteiger partial charge in [-0.25, -0.2) is 14.6 Å². The predicted molar refractivity (Wildman–Crippen MR) is 69.2 cm³/mol. The van der Waals surface area contributed by atoms with Crippen LogP contribution in [0.1, 0.15) is 12.2 Å². The smallest absolute Gasteiger partial charge is 0.326 e. The van der Waals surface area contributed by atoms with E-state index in [2.05, 4.69) is 20.7 Å². The molecule has 0 saturated carbocycles. The van der Waals surface area contributed by atoms with Gasteiger partial charge in [0.25, 0.3) is 0 Å². The van der Waals surface area contributed by atoms with Crippen LogP contribution in [0.15, 0.2) is 6.33 Å². The first-order valence-electron chi connectivity index (χ1n) is 6.13. The summed E-state index contributed by atoms with van der Waals surface area (Å²) in [6.07, 6.45) is 2.26. The van der Waals surface area contributed by atoms with Crippen molar-refractivity contribution in [3.05, 3.63) is 12.2 Å². The molecule has 1 aromatic rings. The van der Waals surface area contributed by atoms with Gasteiger partial charge in [0.05, 0.1) is 0 Å². The first kappa shape index (κ1) is 15.9. The molecule has 9 nitrogen and oxygen atoms in total. The fourth-order valence-corrected chi connectivity index (χ4v) is 1.49. The molecule has 0 spiro atoms. The lowest BCUT2D eigenvalue weighted by Crippen LogP contribution is -2.46. The van der Waals surface area contributed by atoms with Gasteiger partial charge in [-0.2, -0.15) is 5.10 Å². The highest BCUT2D eigenvalue weighted by molar-refractivity contribution is 5.82. The van der Waals surface area contributed by atoms with Crippen molar-refractivity contribution in [1.82, 2.24) is 25.4 Å². The fourth-order valence-electron chi connectivity index (χ4n) is 1.49. The zero-order valence-electron chi connectivity index (χ0n) is 11.5. The minimum Gasteiger partial charge on any atom is -0.480 e. The van der Waals surface area contributed by atoms with E-state index in [4.69, 9.17) is 9.84 Å². The average Bonchev–Trinajstić information content (AvgIpc) is 2.80. The number of nitrogens with zero attached hydrogens (tertiary/aromatic N) is 3. The SMILES string of the molecule is COCCC(NC(=O)NCCc1ncn(C)n1)C(=O)O. The maximum Gasteiger partial charge on any atom is 0.326 e. The van der Waals surface area contributed by atoms with E-state index >= 15 is 0 Å². The summed E-state index contributed by atoms with van der Waals surface area (Å²) in [5, 5.41) is 17.9. The number of carboxylic acid groups (broad SMARTS) is 1. The quantitative estimate of drug-likeness (QED) is 0.572. The van der Waals surface area contributed by atoms with Gasteiger partial charge in [0.1, 0.15) is 12.4 Å². The number of rotatable bonds is 8. The van der Waals surface area contributed by atoms with Gasteiger partial charge >= 0.3 is 12.0 Å². The van der Waals surface area contributed by atoms with Gasteiger partial charge in [-0.3, -0.25) is 4.68 Å². The van der Waals surface area contributed by atoms with Crippen LogP contribution >= 0.6 is 0 Å². The van der Waals surface area contributed by atoms with Gasteiger partial charge in [0.2, 0.25) is 0 Å². The van der Waals surface area contributed by atoms with Gasteiger partial charge in [0.15, 0.2) is 5.82 Å². The third-order valence-corrected chi connectivity index (χ3v) is 2.50. The predicted octanol–water partition coefficient (Wildman–Crippen LogP) is -0.853. The summed E-state index contributed by atoms with van der Waals surface area (Å²) in [6.45, 7) is 0.585. The second kappa shape index (κ2) is 8.10. The van der Waals surface area contributed by atoms with Crippen LogP contribution < -0.4 is 10.6 Å². The zero-order valence-corrected chi connectivity index (χ0v) is 11.5. The van der Waals surface area contributed by atoms with Gasteiger partial charge in [-0.1, -0.05) is 0 Å². The van der Waals surface area contributed by atoms with Gasteiger partial charge in [0, 0.05) is 40.2 Å². The summed E-state index contributed by atoms with van der Waals surface area (Å²) in [6, 6.07) is -1.51. The first-order valence-corrected chi connectivity index (χ1v) is 6.13. The van der Waals surface area contributed by atoms with E-state index in [0.717, 1.165) is 0 Å². The molecule has 20 heavy (non-hydrogen) atoms. The molecule has 3 N–H and O–H groups in total. The molecular weight excluding hydrogens is 266 g/mol. The molecule has 9 heteroatoms. The first-order chi connectivity index (χ1) is 9.52. The van der Waals surface area contributed by atoms with E-state index in [9.17, 15) is 9.59 Å². The molecular formula is C11H19N5O4. The fraction of sp³-hybridized carbons (Fsp3) is 0.636. The minimum atomic E-state index is -1.09. The van der Waals surface area contributed by atoms with Gasteiger partial charge in [-0.15, -0.1) is 0 Å². The molecule has 0 aromatic carbocycles. The van der Waals surface area contributed by atoms with E-state index in [-0.39, 0.29) is 13.0 Å². The minimum absolute atomic E-state index is 0.209. The van der Waals surface area contributed by atoms with Crippen LogP contribution in [0.3, 0.4) is 0 Å². The Balaban J connectivity index is 2.28. The van der Waals surface area contributed by atoms with Crippen molar-refractivity contribution in [2.24, 2.45) is 7.05 Å². The second-order valence-electron chi connectivity index (χ2n) is 4.16. The molecule has 2 amide bonds. The van der Waals surface area contributed by atoms with Crippen LogP contribution in [0.25, 0.3) is 0 Å². The topological polar surface area (TPSA) is 118 Å². The van der Waals surface area contributed by atoms with Crippen molar-refractivity contribution in [3.8, 4) is 0 Å². The van der Waals surface area contributed by atoms with Crippen LogP contribution in [0, 0.1) is 0 Å². The number of nitrogens with one attached hydrogen (secondary N) is 2. The van der Waals surface area contributed by atoms with E-state index in [0.29, 0.717) is 18.8 Å². The molecule has 0 radical (unpaired) electrons. The van der Waals surface area contributed by atoms with Crippen molar-refractivity contribution in [1.29, 1.82) is 0 Å². The Morgan fingerprint density at radius 1 is 1.55 bits per heavy atom. The van der Waals surface area contributed by atoms with E-state index < -0.39 is 18.0 Å². The number of ether oxygens (including phenoxy) is 1. The number of methoxy groups -OCH3 is 1. The molecule has 112 valence electrons. The Hall–Kier alpha value is -2.16. The Labute approximate surface area is 116 Å². The van der Waals surface area contributed by atoms with Crippen LogP contribution in [0.5, 0.6) is 0 Å². The zero-order chi connectivity index (χ0) is 15.0. The average molecular weight is 285 g/mol.